The SMILES string of the molecule is O=C1Cc2ccccc2Oc2cc(O)c(O)cc21. The Morgan fingerprint density at radius 1 is 1.00 bits per heavy atom. The third-order valence-electron chi connectivity index (χ3n) is 2.92. The molecule has 1 heterocycles. The van der Waals surface area contributed by atoms with E-state index in [0.717, 1.165) is 5.56 Å². The molecule has 0 aliphatic carbocycles. The number of phenols is 2. The van der Waals surface area contributed by atoms with Gasteiger partial charge in [0.05, 0.1) is 5.56 Å². The first-order valence-corrected chi connectivity index (χ1v) is 5.50. The van der Waals surface area contributed by atoms with E-state index in [2.05, 4.69) is 0 Å². The molecule has 0 unspecified atom stereocenters. The number of hydrogen-bond donors (Lipinski definition) is 2. The van der Waals surface area contributed by atoms with Crippen LogP contribution in [0.2, 0.25) is 0 Å². The fourth-order valence-electron chi connectivity index (χ4n) is 2.00. The van der Waals surface area contributed by atoms with Crippen LogP contribution in [0, 0.1) is 0 Å². The van der Waals surface area contributed by atoms with Gasteiger partial charge in [0.1, 0.15) is 11.5 Å². The summed E-state index contributed by atoms with van der Waals surface area (Å²) in [5, 5.41) is 18.9. The van der Waals surface area contributed by atoms with E-state index in [4.69, 9.17) is 4.74 Å². The lowest BCUT2D eigenvalue weighted by Crippen LogP contribution is -2.01. The lowest BCUT2D eigenvalue weighted by atomic mass is 10.0. The van der Waals surface area contributed by atoms with Crippen LogP contribution < -0.4 is 4.74 Å². The van der Waals surface area contributed by atoms with Gasteiger partial charge < -0.3 is 14.9 Å². The molecule has 4 nitrogen and oxygen atoms in total. The Labute approximate surface area is 103 Å². The van der Waals surface area contributed by atoms with Crippen molar-refractivity contribution in [3.05, 3.63) is 47.5 Å². The van der Waals surface area contributed by atoms with E-state index in [1.165, 1.54) is 12.1 Å². The number of ether oxygens (including phenoxy) is 1. The minimum absolute atomic E-state index is 0.148. The first-order chi connectivity index (χ1) is 8.65. The molecule has 4 heteroatoms. The molecule has 0 spiro atoms. The van der Waals surface area contributed by atoms with E-state index in [1.54, 1.807) is 6.07 Å². The van der Waals surface area contributed by atoms with Crippen molar-refractivity contribution < 1.29 is 19.7 Å². The van der Waals surface area contributed by atoms with E-state index < -0.39 is 0 Å². The number of hydrogen-bond acceptors (Lipinski definition) is 4. The van der Waals surface area contributed by atoms with E-state index in [9.17, 15) is 15.0 Å². The van der Waals surface area contributed by atoms with Gasteiger partial charge in [-0.25, -0.2) is 0 Å². The summed E-state index contributed by atoms with van der Waals surface area (Å²) in [6.07, 6.45) is 0.216. The molecular weight excluding hydrogens is 232 g/mol. The number of Topliss-reactive ketones (excluding diaryl/α,β-unsaturated/α-hetero) is 1. The molecule has 2 aromatic rings. The summed E-state index contributed by atoms with van der Waals surface area (Å²) < 4.78 is 5.62. The molecule has 1 aliphatic rings. The van der Waals surface area contributed by atoms with Crippen molar-refractivity contribution >= 4 is 5.78 Å². The van der Waals surface area contributed by atoms with Gasteiger partial charge >= 0.3 is 0 Å². The molecular formula is C14H10O4. The molecule has 3 rings (SSSR count). The predicted molar refractivity (Wildman–Crippen MR) is 64.3 cm³/mol. The maximum atomic E-state index is 12.1. The van der Waals surface area contributed by atoms with E-state index in [1.807, 2.05) is 18.2 Å². The van der Waals surface area contributed by atoms with Crippen molar-refractivity contribution in [1.82, 2.24) is 0 Å². The topological polar surface area (TPSA) is 66.8 Å². The van der Waals surface area contributed by atoms with Gasteiger partial charge in [-0.2, -0.15) is 0 Å². The van der Waals surface area contributed by atoms with Gasteiger partial charge in [-0.05, 0) is 12.1 Å². The number of ketones is 1. The molecule has 18 heavy (non-hydrogen) atoms. The highest BCUT2D eigenvalue weighted by Crippen LogP contribution is 2.39. The van der Waals surface area contributed by atoms with Crippen molar-refractivity contribution in [2.45, 2.75) is 6.42 Å². The fraction of sp³-hybridized carbons (Fsp3) is 0.0714. The largest absolute Gasteiger partial charge is 0.504 e. The van der Waals surface area contributed by atoms with Crippen LogP contribution in [0.1, 0.15) is 15.9 Å². The summed E-state index contributed by atoms with van der Waals surface area (Å²) in [5.74, 6) is 0.0813. The average molecular weight is 242 g/mol. The summed E-state index contributed by atoms with van der Waals surface area (Å²) in [6.45, 7) is 0. The lowest BCUT2D eigenvalue weighted by Gasteiger charge is -2.08. The minimum Gasteiger partial charge on any atom is -0.504 e. The van der Waals surface area contributed by atoms with Crippen molar-refractivity contribution in [3.8, 4) is 23.0 Å². The van der Waals surface area contributed by atoms with Crippen molar-refractivity contribution in [3.63, 3.8) is 0 Å². The summed E-state index contributed by atoms with van der Waals surface area (Å²) in [7, 11) is 0. The molecule has 0 saturated heterocycles. The Hall–Kier alpha value is -2.49. The number of phenolic OH excluding ortho intramolecular Hbond substituents is 2. The molecule has 0 amide bonds. The van der Waals surface area contributed by atoms with E-state index >= 15 is 0 Å². The number of aromatic hydroxyl groups is 2. The van der Waals surface area contributed by atoms with E-state index in [0.29, 0.717) is 5.75 Å². The standard InChI is InChI=1S/C14H10O4/c15-10-5-8-3-1-2-4-13(8)18-14-7-12(17)11(16)6-9(10)14/h1-4,6-7,16-17H,5H2. The third kappa shape index (κ3) is 1.59. The predicted octanol–water partition coefficient (Wildman–Crippen LogP) is 2.63. The Balaban J connectivity index is 2.20. The van der Waals surface area contributed by atoms with E-state index in [-0.39, 0.29) is 35.0 Å². The Bertz CT molecular complexity index is 646. The van der Waals surface area contributed by atoms with Crippen molar-refractivity contribution in [1.29, 1.82) is 0 Å². The molecule has 0 saturated carbocycles. The zero-order valence-corrected chi connectivity index (χ0v) is 9.38. The molecule has 0 fully saturated rings. The van der Waals surface area contributed by atoms with Crippen LogP contribution in [0.4, 0.5) is 0 Å². The van der Waals surface area contributed by atoms with Crippen LogP contribution in [0.25, 0.3) is 0 Å². The average Bonchev–Trinajstić information content (AvgIpc) is 2.47. The molecule has 0 bridgehead atoms. The van der Waals surface area contributed by atoms with Crippen LogP contribution in [0.3, 0.4) is 0 Å². The normalized spacial score (nSPS) is 13.2. The zero-order chi connectivity index (χ0) is 12.7. The Morgan fingerprint density at radius 3 is 2.56 bits per heavy atom. The Morgan fingerprint density at radius 2 is 1.72 bits per heavy atom. The summed E-state index contributed by atoms with van der Waals surface area (Å²) >= 11 is 0. The second-order valence-electron chi connectivity index (χ2n) is 4.15. The number of para-hydroxylation sites is 1. The third-order valence-corrected chi connectivity index (χ3v) is 2.92. The second-order valence-corrected chi connectivity index (χ2v) is 4.15. The molecule has 2 N–H and O–H groups in total. The highest BCUT2D eigenvalue weighted by molar-refractivity contribution is 6.01. The number of carbonyl (C=O) groups excluding carboxylic acids is 1. The first kappa shape index (κ1) is 10.7. The zero-order valence-electron chi connectivity index (χ0n) is 9.38. The van der Waals surface area contributed by atoms with Gasteiger partial charge in [-0.15, -0.1) is 0 Å². The number of benzene rings is 2. The minimum atomic E-state index is -0.323. The summed E-state index contributed by atoms with van der Waals surface area (Å²) in [4.78, 5) is 12.1. The van der Waals surface area contributed by atoms with Gasteiger partial charge in [-0.1, -0.05) is 18.2 Å². The van der Waals surface area contributed by atoms with Crippen molar-refractivity contribution in [2.24, 2.45) is 0 Å². The van der Waals surface area contributed by atoms with Gasteiger partial charge in [0.2, 0.25) is 0 Å². The quantitative estimate of drug-likeness (QED) is 0.697. The van der Waals surface area contributed by atoms with Gasteiger partial charge in [0, 0.05) is 18.1 Å². The lowest BCUT2D eigenvalue weighted by molar-refractivity contribution is 0.0993. The number of carbonyl (C=O) groups is 1. The summed E-state index contributed by atoms with van der Waals surface area (Å²) in [5.41, 5.74) is 1.07. The number of rotatable bonds is 0. The monoisotopic (exact) mass is 242 g/mol. The molecule has 2 aromatic carbocycles. The molecule has 0 radical (unpaired) electrons. The first-order valence-electron chi connectivity index (χ1n) is 5.50. The molecule has 0 atom stereocenters. The fourth-order valence-corrected chi connectivity index (χ4v) is 2.00. The highest BCUT2D eigenvalue weighted by Gasteiger charge is 2.22. The Kier molecular flexibility index (Phi) is 2.23. The number of fused-ring (bicyclic) bond motifs is 2. The second kappa shape index (κ2) is 3.77. The van der Waals surface area contributed by atoms with Gasteiger partial charge in [-0.3, -0.25) is 4.79 Å². The molecule has 0 aromatic heterocycles. The molecule has 1 aliphatic heterocycles. The van der Waals surface area contributed by atoms with Crippen LogP contribution in [-0.2, 0) is 6.42 Å². The van der Waals surface area contributed by atoms with Crippen molar-refractivity contribution in [2.75, 3.05) is 0 Å². The smallest absolute Gasteiger partial charge is 0.171 e. The van der Waals surface area contributed by atoms with Crippen LogP contribution in [-0.4, -0.2) is 16.0 Å². The van der Waals surface area contributed by atoms with Gasteiger partial charge in [0.25, 0.3) is 0 Å². The maximum absolute atomic E-state index is 12.1. The van der Waals surface area contributed by atoms with Crippen LogP contribution >= 0.6 is 0 Å². The highest BCUT2D eigenvalue weighted by atomic mass is 16.5. The van der Waals surface area contributed by atoms with Crippen LogP contribution in [0.15, 0.2) is 36.4 Å². The molecule has 90 valence electrons. The van der Waals surface area contributed by atoms with Gasteiger partial charge in [0.15, 0.2) is 17.3 Å². The summed E-state index contributed by atoms with van der Waals surface area (Å²) in [6, 6.07) is 9.72. The van der Waals surface area contributed by atoms with Crippen LogP contribution in [0.5, 0.6) is 23.0 Å². The maximum Gasteiger partial charge on any atom is 0.171 e.